The number of carbonyl (C=O) groups is 2. The van der Waals surface area contributed by atoms with E-state index < -0.39 is 6.04 Å². The third-order valence-corrected chi connectivity index (χ3v) is 4.74. The lowest BCUT2D eigenvalue weighted by molar-refractivity contribution is -0.143. The summed E-state index contributed by atoms with van der Waals surface area (Å²) in [5, 5.41) is 3.01. The van der Waals surface area contributed by atoms with Gasteiger partial charge in [-0.25, -0.2) is 0 Å². The minimum absolute atomic E-state index is 0.117. The van der Waals surface area contributed by atoms with Gasteiger partial charge in [-0.2, -0.15) is 0 Å². The summed E-state index contributed by atoms with van der Waals surface area (Å²) in [4.78, 5) is 27.7. The van der Waals surface area contributed by atoms with Gasteiger partial charge >= 0.3 is 0 Å². The molecule has 0 aliphatic carbocycles. The number of ether oxygens (including phenoxy) is 1. The quantitative estimate of drug-likeness (QED) is 0.701. The van der Waals surface area contributed by atoms with Gasteiger partial charge in [0.25, 0.3) is 5.91 Å². The molecule has 0 saturated carbocycles. The Hall–Kier alpha value is -2.82. The van der Waals surface area contributed by atoms with Gasteiger partial charge in [0, 0.05) is 12.1 Å². The summed E-state index contributed by atoms with van der Waals surface area (Å²) in [6, 6.07) is 15.0. The minimum atomic E-state index is -0.570. The Balaban J connectivity index is 2.21. The van der Waals surface area contributed by atoms with Gasteiger partial charge in [0.15, 0.2) is 6.61 Å². The van der Waals surface area contributed by atoms with Gasteiger partial charge in [0.05, 0.1) is 0 Å². The van der Waals surface area contributed by atoms with Crippen LogP contribution in [0, 0.1) is 13.8 Å². The van der Waals surface area contributed by atoms with E-state index in [9.17, 15) is 9.59 Å². The molecule has 0 saturated heterocycles. The zero-order valence-electron chi connectivity index (χ0n) is 19.0. The van der Waals surface area contributed by atoms with Crippen LogP contribution in [0.15, 0.2) is 48.5 Å². The number of nitrogens with zero attached hydrogens (tertiary/aromatic N) is 1. The SMILES string of the molecule is CC[C@@H](C(=O)NC(C)(C)C)N(Cc1ccc(C)cc1)C(=O)COc1ccc(C)cc1. The molecule has 0 aromatic heterocycles. The van der Waals surface area contributed by atoms with E-state index in [1.165, 1.54) is 0 Å². The summed E-state index contributed by atoms with van der Waals surface area (Å²) >= 11 is 0. The van der Waals surface area contributed by atoms with E-state index in [1.807, 2.05) is 90.1 Å². The van der Waals surface area contributed by atoms with Crippen LogP contribution in [0.25, 0.3) is 0 Å². The van der Waals surface area contributed by atoms with Crippen LogP contribution in [0.5, 0.6) is 5.75 Å². The van der Waals surface area contributed by atoms with Crippen molar-refractivity contribution < 1.29 is 14.3 Å². The van der Waals surface area contributed by atoms with E-state index in [1.54, 1.807) is 4.90 Å². The molecule has 0 bridgehead atoms. The first kappa shape index (κ1) is 23.5. The summed E-state index contributed by atoms with van der Waals surface area (Å²) in [6.07, 6.45) is 0.518. The van der Waals surface area contributed by atoms with Crippen LogP contribution in [-0.4, -0.2) is 34.9 Å². The van der Waals surface area contributed by atoms with Crippen LogP contribution in [0.1, 0.15) is 50.8 Å². The molecule has 162 valence electrons. The molecule has 2 rings (SSSR count). The highest BCUT2D eigenvalue weighted by Crippen LogP contribution is 2.16. The Bertz CT molecular complexity index is 836. The first-order valence-electron chi connectivity index (χ1n) is 10.5. The highest BCUT2D eigenvalue weighted by atomic mass is 16.5. The van der Waals surface area contributed by atoms with E-state index in [0.29, 0.717) is 18.7 Å². The lowest BCUT2D eigenvalue weighted by Crippen LogP contribution is -2.54. The van der Waals surface area contributed by atoms with Crippen molar-refractivity contribution in [1.29, 1.82) is 0 Å². The normalized spacial score (nSPS) is 12.2. The van der Waals surface area contributed by atoms with Crippen molar-refractivity contribution in [2.75, 3.05) is 6.61 Å². The van der Waals surface area contributed by atoms with Gasteiger partial charge in [0.1, 0.15) is 11.8 Å². The van der Waals surface area contributed by atoms with Crippen molar-refractivity contribution in [3.05, 3.63) is 65.2 Å². The fraction of sp³-hybridized carbons (Fsp3) is 0.440. The molecule has 0 aliphatic rings. The van der Waals surface area contributed by atoms with Crippen LogP contribution in [0.4, 0.5) is 0 Å². The van der Waals surface area contributed by atoms with Gasteiger partial charge in [-0.05, 0) is 58.7 Å². The zero-order valence-corrected chi connectivity index (χ0v) is 19.0. The molecule has 0 aliphatic heterocycles. The Kier molecular flexibility index (Phi) is 8.04. The summed E-state index contributed by atoms with van der Waals surface area (Å²) in [7, 11) is 0. The maximum absolute atomic E-state index is 13.1. The first-order valence-corrected chi connectivity index (χ1v) is 10.5. The van der Waals surface area contributed by atoms with Crippen LogP contribution in [-0.2, 0) is 16.1 Å². The topological polar surface area (TPSA) is 58.6 Å². The molecule has 1 atom stereocenters. The molecule has 0 spiro atoms. The Morgan fingerprint density at radius 2 is 1.50 bits per heavy atom. The van der Waals surface area contributed by atoms with Crippen LogP contribution in [0.3, 0.4) is 0 Å². The van der Waals surface area contributed by atoms with E-state index >= 15 is 0 Å². The van der Waals surface area contributed by atoms with E-state index in [2.05, 4.69) is 5.32 Å². The van der Waals surface area contributed by atoms with E-state index in [0.717, 1.165) is 16.7 Å². The lowest BCUT2D eigenvalue weighted by Gasteiger charge is -2.33. The van der Waals surface area contributed by atoms with Crippen LogP contribution in [0.2, 0.25) is 0 Å². The molecule has 5 heteroatoms. The lowest BCUT2D eigenvalue weighted by atomic mass is 10.1. The van der Waals surface area contributed by atoms with Crippen LogP contribution < -0.4 is 10.1 Å². The molecule has 0 heterocycles. The molecular weight excluding hydrogens is 376 g/mol. The molecular formula is C25H34N2O3. The number of hydrogen-bond donors (Lipinski definition) is 1. The first-order chi connectivity index (χ1) is 14.1. The molecule has 0 fully saturated rings. The molecule has 1 N–H and O–H groups in total. The molecule has 5 nitrogen and oxygen atoms in total. The largest absolute Gasteiger partial charge is 0.484 e. The summed E-state index contributed by atoms with van der Waals surface area (Å²) in [5.74, 6) is 0.268. The number of hydrogen-bond acceptors (Lipinski definition) is 3. The van der Waals surface area contributed by atoms with Gasteiger partial charge in [-0.3, -0.25) is 9.59 Å². The van der Waals surface area contributed by atoms with Gasteiger partial charge < -0.3 is 15.0 Å². The second-order valence-electron chi connectivity index (χ2n) is 8.77. The predicted octanol–water partition coefficient (Wildman–Crippen LogP) is 4.40. The molecule has 30 heavy (non-hydrogen) atoms. The predicted molar refractivity (Wildman–Crippen MR) is 120 cm³/mol. The monoisotopic (exact) mass is 410 g/mol. The number of aryl methyl sites for hydroxylation is 2. The average Bonchev–Trinajstić information content (AvgIpc) is 2.67. The minimum Gasteiger partial charge on any atom is -0.484 e. The standard InChI is InChI=1S/C25H34N2O3/c1-7-22(24(29)26-25(4,5)6)27(16-20-12-8-18(2)9-13-20)23(28)17-30-21-14-10-19(3)11-15-21/h8-15,22H,7,16-17H2,1-6H3,(H,26,29)/t22-/m0/s1. The van der Waals surface area contributed by atoms with Gasteiger partial charge in [0.2, 0.25) is 5.91 Å². The highest BCUT2D eigenvalue weighted by Gasteiger charge is 2.30. The number of carbonyl (C=O) groups excluding carboxylic acids is 2. The van der Waals surface area contributed by atoms with Gasteiger partial charge in [-0.1, -0.05) is 54.4 Å². The van der Waals surface area contributed by atoms with Crippen molar-refractivity contribution in [3.63, 3.8) is 0 Å². The Morgan fingerprint density at radius 1 is 0.967 bits per heavy atom. The summed E-state index contributed by atoms with van der Waals surface area (Å²) < 4.78 is 5.71. The van der Waals surface area contributed by atoms with Crippen molar-refractivity contribution in [2.24, 2.45) is 0 Å². The molecule has 0 radical (unpaired) electrons. The maximum Gasteiger partial charge on any atom is 0.261 e. The van der Waals surface area contributed by atoms with Crippen molar-refractivity contribution >= 4 is 11.8 Å². The molecule has 0 unspecified atom stereocenters. The van der Waals surface area contributed by atoms with Crippen LogP contribution >= 0.6 is 0 Å². The van der Waals surface area contributed by atoms with E-state index in [-0.39, 0.29) is 24.0 Å². The van der Waals surface area contributed by atoms with Crippen molar-refractivity contribution in [1.82, 2.24) is 10.2 Å². The second kappa shape index (κ2) is 10.3. The number of rotatable bonds is 8. The summed E-state index contributed by atoms with van der Waals surface area (Å²) in [6.45, 7) is 12.0. The highest BCUT2D eigenvalue weighted by molar-refractivity contribution is 5.88. The fourth-order valence-corrected chi connectivity index (χ4v) is 3.13. The average molecular weight is 411 g/mol. The smallest absolute Gasteiger partial charge is 0.261 e. The third kappa shape index (κ3) is 7.21. The van der Waals surface area contributed by atoms with Crippen molar-refractivity contribution in [3.8, 4) is 5.75 Å². The molecule has 2 amide bonds. The van der Waals surface area contributed by atoms with E-state index in [4.69, 9.17) is 4.74 Å². The number of benzene rings is 2. The Morgan fingerprint density at radius 3 is 2.00 bits per heavy atom. The van der Waals surface area contributed by atoms with Gasteiger partial charge in [-0.15, -0.1) is 0 Å². The zero-order chi connectivity index (χ0) is 22.3. The number of amides is 2. The second-order valence-corrected chi connectivity index (χ2v) is 8.77. The molecule has 2 aromatic rings. The maximum atomic E-state index is 13.1. The fourth-order valence-electron chi connectivity index (χ4n) is 3.13. The molecule has 2 aromatic carbocycles. The summed E-state index contributed by atoms with van der Waals surface area (Å²) in [5.41, 5.74) is 2.88. The van der Waals surface area contributed by atoms with Crippen molar-refractivity contribution in [2.45, 2.75) is 66.1 Å². The Labute approximate surface area is 180 Å². The number of nitrogens with one attached hydrogen (secondary N) is 1. The third-order valence-electron chi connectivity index (χ3n) is 4.74.